The van der Waals surface area contributed by atoms with Gasteiger partial charge in [0.05, 0.1) is 8.15 Å². The smallest absolute Gasteiger partial charge is 0.139 e. The van der Waals surface area contributed by atoms with Gasteiger partial charge in [-0.2, -0.15) is 0 Å². The van der Waals surface area contributed by atoms with Gasteiger partial charge in [0.1, 0.15) is 5.78 Å². The summed E-state index contributed by atoms with van der Waals surface area (Å²) in [6.07, 6.45) is 9.72. The van der Waals surface area contributed by atoms with Crippen LogP contribution in [0.2, 0.25) is 0 Å². The van der Waals surface area contributed by atoms with Crippen molar-refractivity contribution in [1.82, 2.24) is 0 Å². The Morgan fingerprint density at radius 2 is 2.15 bits per heavy atom. The summed E-state index contributed by atoms with van der Waals surface area (Å²) in [5, 5.41) is 0. The molecular weight excluding hydrogens is 267 g/mol. The van der Waals surface area contributed by atoms with Crippen molar-refractivity contribution in [1.29, 1.82) is 0 Å². The highest BCUT2D eigenvalue weighted by atomic mass is 31.1. The number of hydrogen-bond donors (Lipinski definition) is 1. The first-order valence-corrected chi connectivity index (χ1v) is 9.53. The highest BCUT2D eigenvalue weighted by molar-refractivity contribution is 7.55. The zero-order valence-electron chi connectivity index (χ0n) is 12.1. The molecule has 4 aliphatic rings. The lowest BCUT2D eigenvalue weighted by Gasteiger charge is -2.49. The third-order valence-electron chi connectivity index (χ3n) is 6.51. The Morgan fingerprint density at radius 1 is 1.30 bits per heavy atom. The van der Waals surface area contributed by atoms with Crippen molar-refractivity contribution in [3.8, 4) is 0 Å². The number of fused-ring (bicyclic) bond motifs is 4. The van der Waals surface area contributed by atoms with Gasteiger partial charge >= 0.3 is 0 Å². The molecule has 0 aromatic heterocycles. The maximum Gasteiger partial charge on any atom is 0.139 e. The quantitative estimate of drug-likeness (QED) is 0.685. The van der Waals surface area contributed by atoms with Crippen molar-refractivity contribution < 1.29 is 9.69 Å². The van der Waals surface area contributed by atoms with E-state index in [0.29, 0.717) is 23.5 Å². The molecule has 0 bridgehead atoms. The summed E-state index contributed by atoms with van der Waals surface area (Å²) in [5.41, 5.74) is 3.05. The van der Waals surface area contributed by atoms with E-state index in [0.717, 1.165) is 31.8 Å². The molecule has 1 aliphatic heterocycles. The van der Waals surface area contributed by atoms with Crippen LogP contribution in [0.4, 0.5) is 0 Å². The molecule has 0 amide bonds. The zero-order chi connectivity index (χ0) is 13.9. The van der Waals surface area contributed by atoms with Crippen LogP contribution in [0.25, 0.3) is 0 Å². The number of ketones is 1. The molecule has 20 heavy (non-hydrogen) atoms. The fraction of sp³-hybridized carbons (Fsp3) is 0.706. The van der Waals surface area contributed by atoms with Crippen LogP contribution in [0.15, 0.2) is 23.0 Å². The standard InChI is InChI=1S/C17H23O2P/c1-17-8-6-13-12-7-9-20(19)10-11(12)2-3-14(13)15(17)4-5-16(17)18/h7,9,13-15,19H,2-6,8,10H2,1H3/t13-,14-,15+,17+,20?/m1/s1. The first-order chi connectivity index (χ1) is 9.59. The predicted octanol–water partition coefficient (Wildman–Crippen LogP) is 4.00. The molecule has 0 saturated heterocycles. The van der Waals surface area contributed by atoms with Gasteiger partial charge in [-0.25, -0.2) is 0 Å². The van der Waals surface area contributed by atoms with E-state index in [4.69, 9.17) is 0 Å². The Kier molecular flexibility index (Phi) is 2.98. The molecule has 1 unspecified atom stereocenters. The molecule has 0 radical (unpaired) electrons. The molecule has 108 valence electrons. The minimum atomic E-state index is -0.881. The molecule has 2 nitrogen and oxygen atoms in total. The van der Waals surface area contributed by atoms with Crippen molar-refractivity contribution in [2.75, 3.05) is 6.16 Å². The van der Waals surface area contributed by atoms with E-state index in [1.54, 1.807) is 0 Å². The van der Waals surface area contributed by atoms with Crippen LogP contribution in [0.5, 0.6) is 0 Å². The fourth-order valence-corrected chi connectivity index (χ4v) is 6.59. The fourth-order valence-electron chi connectivity index (χ4n) is 5.42. The Bertz CT molecular complexity index is 521. The van der Waals surface area contributed by atoms with Gasteiger partial charge < -0.3 is 4.89 Å². The molecule has 3 heteroatoms. The Morgan fingerprint density at radius 3 is 3.00 bits per heavy atom. The SMILES string of the molecule is C[C@]12CC[C@@H]3C4=C(CC[C@H]3[C@@H]1CCC2=O)CP(O)C=C4. The second kappa shape index (κ2) is 4.52. The minimum Gasteiger partial charge on any atom is -0.369 e. The number of rotatable bonds is 0. The van der Waals surface area contributed by atoms with Crippen molar-refractivity contribution in [2.24, 2.45) is 23.2 Å². The van der Waals surface area contributed by atoms with Gasteiger partial charge in [-0.1, -0.05) is 18.6 Å². The third-order valence-corrected chi connectivity index (χ3v) is 7.71. The highest BCUT2D eigenvalue weighted by Crippen LogP contribution is 2.60. The van der Waals surface area contributed by atoms with E-state index >= 15 is 0 Å². The maximum absolute atomic E-state index is 12.3. The van der Waals surface area contributed by atoms with Gasteiger partial charge in [-0.3, -0.25) is 4.79 Å². The molecule has 2 fully saturated rings. The summed E-state index contributed by atoms with van der Waals surface area (Å²) in [5.74, 6) is 4.56. The number of hydrogen-bond acceptors (Lipinski definition) is 2. The van der Waals surface area contributed by atoms with Crippen LogP contribution < -0.4 is 0 Å². The molecule has 2 saturated carbocycles. The average Bonchev–Trinajstić information content (AvgIpc) is 2.74. The molecule has 0 aromatic carbocycles. The number of carbonyl (C=O) groups excluding carboxylic acids is 1. The van der Waals surface area contributed by atoms with Crippen molar-refractivity contribution in [3.63, 3.8) is 0 Å². The Hall–Kier alpha value is -0.460. The van der Waals surface area contributed by atoms with E-state index in [1.165, 1.54) is 24.0 Å². The summed E-state index contributed by atoms with van der Waals surface area (Å²) >= 11 is 0. The van der Waals surface area contributed by atoms with Crippen LogP contribution >= 0.6 is 8.15 Å². The van der Waals surface area contributed by atoms with E-state index in [2.05, 4.69) is 13.0 Å². The van der Waals surface area contributed by atoms with Crippen LogP contribution in [-0.2, 0) is 4.79 Å². The molecule has 4 rings (SSSR count). The average molecular weight is 290 g/mol. The van der Waals surface area contributed by atoms with E-state index in [9.17, 15) is 9.69 Å². The monoisotopic (exact) mass is 290 g/mol. The highest BCUT2D eigenvalue weighted by Gasteiger charge is 2.54. The summed E-state index contributed by atoms with van der Waals surface area (Å²) in [6, 6.07) is 0. The van der Waals surface area contributed by atoms with Gasteiger partial charge in [0, 0.05) is 18.0 Å². The van der Waals surface area contributed by atoms with Crippen molar-refractivity contribution in [2.45, 2.75) is 45.4 Å². The molecular formula is C17H23O2P. The summed E-state index contributed by atoms with van der Waals surface area (Å²) < 4.78 is 0. The van der Waals surface area contributed by atoms with E-state index < -0.39 is 8.15 Å². The second-order valence-corrected chi connectivity index (χ2v) is 8.80. The lowest BCUT2D eigenvalue weighted by Crippen LogP contribution is -2.43. The lowest BCUT2D eigenvalue weighted by molar-refractivity contribution is -0.129. The molecule has 1 N–H and O–H groups in total. The summed E-state index contributed by atoms with van der Waals surface area (Å²) in [7, 11) is -0.881. The molecule has 0 aromatic rings. The lowest BCUT2D eigenvalue weighted by atomic mass is 9.55. The van der Waals surface area contributed by atoms with Crippen LogP contribution in [-0.4, -0.2) is 16.8 Å². The van der Waals surface area contributed by atoms with Crippen LogP contribution in [0.3, 0.4) is 0 Å². The van der Waals surface area contributed by atoms with Gasteiger partial charge in [-0.05, 0) is 61.2 Å². The normalized spacial score (nSPS) is 47.0. The number of Topliss-reactive ketones (excluding diaryl/α,β-unsaturated/α-hetero) is 1. The van der Waals surface area contributed by atoms with Crippen molar-refractivity contribution >= 4 is 13.9 Å². The molecule has 3 aliphatic carbocycles. The van der Waals surface area contributed by atoms with Crippen molar-refractivity contribution in [3.05, 3.63) is 23.0 Å². The number of carbonyl (C=O) groups is 1. The Balaban J connectivity index is 1.67. The van der Waals surface area contributed by atoms with E-state index in [1.807, 2.05) is 5.82 Å². The largest absolute Gasteiger partial charge is 0.369 e. The minimum absolute atomic E-state index is 0.0127. The summed E-state index contributed by atoms with van der Waals surface area (Å²) in [4.78, 5) is 22.1. The molecule has 1 heterocycles. The topological polar surface area (TPSA) is 37.3 Å². The molecule has 5 atom stereocenters. The zero-order valence-corrected chi connectivity index (χ0v) is 13.0. The molecule has 0 spiro atoms. The maximum atomic E-state index is 12.3. The summed E-state index contributed by atoms with van der Waals surface area (Å²) in [6.45, 7) is 2.23. The first kappa shape index (κ1) is 13.2. The Labute approximate surface area is 122 Å². The predicted molar refractivity (Wildman–Crippen MR) is 81.5 cm³/mol. The van der Waals surface area contributed by atoms with Gasteiger partial charge in [-0.15, -0.1) is 0 Å². The van der Waals surface area contributed by atoms with E-state index in [-0.39, 0.29) is 5.41 Å². The van der Waals surface area contributed by atoms with Crippen LogP contribution in [0, 0.1) is 23.2 Å². The third kappa shape index (κ3) is 1.74. The van der Waals surface area contributed by atoms with Crippen LogP contribution in [0.1, 0.15) is 45.4 Å². The second-order valence-electron chi connectivity index (χ2n) is 7.31. The number of allylic oxidation sites excluding steroid dienone is 3. The first-order valence-electron chi connectivity index (χ1n) is 7.98. The van der Waals surface area contributed by atoms with Gasteiger partial charge in [0.15, 0.2) is 0 Å². The van der Waals surface area contributed by atoms with Gasteiger partial charge in [0.25, 0.3) is 0 Å². The van der Waals surface area contributed by atoms with Gasteiger partial charge in [0.2, 0.25) is 0 Å².